The number of nitrogens with one attached hydrogen (secondary N) is 5. The van der Waals surface area contributed by atoms with Crippen molar-refractivity contribution in [1.29, 1.82) is 0 Å². The topological polar surface area (TPSA) is 336 Å². The van der Waals surface area contributed by atoms with Gasteiger partial charge in [-0.05, 0) is 149 Å². The molecule has 0 amide bonds. The summed E-state index contributed by atoms with van der Waals surface area (Å²) < 4.78 is 38.5. The van der Waals surface area contributed by atoms with E-state index in [1.54, 1.807) is 38.6 Å². The van der Waals surface area contributed by atoms with Crippen molar-refractivity contribution < 1.29 is 28.4 Å². The quantitative estimate of drug-likeness (QED) is 0.0393. The zero-order valence-corrected chi connectivity index (χ0v) is 73.2. The number of anilines is 6. The summed E-state index contributed by atoms with van der Waals surface area (Å²) in [6, 6.07) is 12.4. The van der Waals surface area contributed by atoms with Gasteiger partial charge in [-0.2, -0.15) is 24.9 Å². The van der Waals surface area contributed by atoms with Gasteiger partial charge in [0.15, 0.2) is 33.4 Å². The smallest absolute Gasteiger partial charge is 0.230 e. The lowest BCUT2D eigenvalue weighted by molar-refractivity contribution is -0.0299. The van der Waals surface area contributed by atoms with Crippen LogP contribution < -0.4 is 29.9 Å². The third-order valence-electron chi connectivity index (χ3n) is 22.3. The average Bonchev–Trinajstić information content (AvgIpc) is 1.65. The molecule has 8 fully saturated rings. The molecule has 0 spiro atoms. The number of benzene rings is 2. The molecule has 0 radical (unpaired) electrons. The van der Waals surface area contributed by atoms with Gasteiger partial charge in [0.2, 0.25) is 27.7 Å². The fraction of sp³-hybridized carbons (Fsp3) is 0.543. The largest absolute Gasteiger partial charge is 0.494 e. The Morgan fingerprint density at radius 3 is 1.23 bits per heavy atom. The van der Waals surface area contributed by atoms with Crippen LogP contribution in [0.3, 0.4) is 0 Å². The number of rotatable bonds is 18. The number of aromatic nitrogens is 20. The lowest BCUT2D eigenvalue weighted by atomic mass is 10.0. The molecule has 4 aliphatic carbocycles. The molecule has 14 heterocycles. The molecule has 5 N–H and O–H groups in total. The molecule has 10 aromatic heterocycles. The Hall–Kier alpha value is -7.61. The Morgan fingerprint density at radius 2 is 0.765 bits per heavy atom. The minimum atomic E-state index is -0.0311. The third kappa shape index (κ3) is 22.1. The second kappa shape index (κ2) is 42.0. The van der Waals surface area contributed by atoms with Gasteiger partial charge in [0.25, 0.3) is 0 Å². The number of ether oxygens (including phenoxy) is 6. The van der Waals surface area contributed by atoms with E-state index < -0.39 is 0 Å². The van der Waals surface area contributed by atoms with Gasteiger partial charge < -0.3 is 63.8 Å². The van der Waals surface area contributed by atoms with Gasteiger partial charge in [-0.25, -0.2) is 49.8 Å². The number of thioether (sulfide) groups is 4. The normalized spacial score (nSPS) is 19.3. The Balaban J connectivity index is 0.000000117. The summed E-state index contributed by atoms with van der Waals surface area (Å²) in [6.07, 6.45) is 40.8. The lowest BCUT2D eigenvalue weighted by Crippen LogP contribution is -2.36. The van der Waals surface area contributed by atoms with Gasteiger partial charge in [0, 0.05) is 83.9 Å². The highest BCUT2D eigenvalue weighted by Gasteiger charge is 2.29. The first-order valence-corrected chi connectivity index (χ1v) is 46.7. The van der Waals surface area contributed by atoms with Gasteiger partial charge in [-0.15, -0.1) is 47.0 Å². The van der Waals surface area contributed by atoms with Crippen molar-refractivity contribution in [2.45, 2.75) is 221 Å². The van der Waals surface area contributed by atoms with Crippen LogP contribution in [0.4, 0.5) is 34.6 Å². The highest BCUT2D eigenvalue weighted by Crippen LogP contribution is 2.43. The van der Waals surface area contributed by atoms with E-state index in [0.717, 1.165) is 186 Å². The van der Waals surface area contributed by atoms with Crippen molar-refractivity contribution in [2.24, 2.45) is 0 Å². The van der Waals surface area contributed by atoms with E-state index >= 15 is 0 Å². The van der Waals surface area contributed by atoms with Crippen LogP contribution in [0, 0.1) is 0 Å². The third-order valence-corrected chi connectivity index (χ3v) is 28.4. The SMILES string of the molecule is COc1cc(N2CCOCC2)ccc1Nc1nc(SC2CCCCC2)c2[nH]cnc2n1.COc1cc(N2CCOCC2)ccc1Nc1nc(SC2CCCCC2)c2ncn(C3CCCCO3)c2n1.Clc1nc(Cl)c2[nH]cnc2n1.Clc1nc(SC2CCCCC2)c2[nH]cnc2n1.Clc1nc(SC2CCCCC2)c2ncn(C3CCCCO3)c2n1. The van der Waals surface area contributed by atoms with Crippen molar-refractivity contribution >= 4 is 184 Å². The number of halogens is 4. The van der Waals surface area contributed by atoms with E-state index in [0.29, 0.717) is 60.6 Å². The molecule has 0 bridgehead atoms. The maximum Gasteiger partial charge on any atom is 0.230 e. The molecule has 632 valence electrons. The highest BCUT2D eigenvalue weighted by molar-refractivity contribution is 8.00. The fourth-order valence-electron chi connectivity index (χ4n) is 16.1. The molecule has 12 aromatic rings. The average molecular weight is 1780 g/mol. The van der Waals surface area contributed by atoms with Crippen LogP contribution in [0.15, 0.2) is 88.1 Å². The van der Waals surface area contributed by atoms with Crippen LogP contribution in [-0.2, 0) is 18.9 Å². The van der Waals surface area contributed by atoms with Crippen molar-refractivity contribution in [2.75, 3.05) is 100 Å². The van der Waals surface area contributed by atoms with Crippen LogP contribution in [0.1, 0.15) is 179 Å². The Bertz CT molecular complexity index is 5290. The standard InChI is InChI=1S/C27H36N6O3S.C22H28N6O2S.C16H21ClN4OS.C11H13ClN4S.C5H2Cl2N4/c1-34-22-17-19(32-12-15-35-16-13-32)10-11-21(22)29-27-30-25-24(26(31-27)37-20-7-3-2-4-8-20)28-18-33(25)23-9-5-6-14-36-23;1-29-18-13-15(28-9-11-30-12-10-28)7-8-17(18)25-22-26-20-19(23-14-24-20)21(27-22)31-16-5-3-2-4-6-16;17-16-19-14-13(15(20-16)23-11-6-2-1-3-7-11)18-10-21(14)12-8-4-5-9-22-12;12-11-15-9-8(13-6-14-9)10(16-11)17-7-4-2-1-3-5-7;6-3-2-4(9-1-8-2)11-5(7)10-3/h10-11,17-18,20,23H,2-9,12-16H2,1H3,(H,29,30,31);7-8,13-14,16H,2-6,9-12H2,1H3,(H2,23,24,25,26,27);10-12H,1-9H2;6-7H,1-5H2,(H,13,14,15,16);1H,(H,8,9,10,11). The van der Waals surface area contributed by atoms with E-state index in [-0.39, 0.29) is 28.2 Å². The Labute approximate surface area is 727 Å². The molecule has 4 saturated carbocycles. The number of aromatic amines is 3. The van der Waals surface area contributed by atoms with Crippen LogP contribution in [-0.4, -0.2) is 200 Å². The first-order valence-electron chi connectivity index (χ1n) is 41.7. The van der Waals surface area contributed by atoms with Crippen molar-refractivity contribution in [3.05, 3.63) is 89.0 Å². The summed E-state index contributed by atoms with van der Waals surface area (Å²) in [5, 5.41) is 14.0. The number of hydrogen-bond donors (Lipinski definition) is 5. The van der Waals surface area contributed by atoms with Gasteiger partial charge in [0.05, 0.1) is 83.7 Å². The predicted molar refractivity (Wildman–Crippen MR) is 473 cm³/mol. The molecule has 30 nitrogen and oxygen atoms in total. The molecule has 2 atom stereocenters. The molecular weight excluding hydrogens is 1680 g/mol. The number of morpholine rings is 2. The summed E-state index contributed by atoms with van der Waals surface area (Å²) in [4.78, 5) is 79.6. The molecule has 2 aromatic carbocycles. The molecule has 2 unspecified atom stereocenters. The minimum Gasteiger partial charge on any atom is -0.494 e. The monoisotopic (exact) mass is 1770 g/mol. The summed E-state index contributed by atoms with van der Waals surface area (Å²) >= 11 is 30.6. The predicted octanol–water partition coefficient (Wildman–Crippen LogP) is 19.6. The number of fused-ring (bicyclic) bond motifs is 5. The van der Waals surface area contributed by atoms with Crippen LogP contribution in [0.25, 0.3) is 55.8 Å². The number of hydrogen-bond acceptors (Lipinski definition) is 29. The van der Waals surface area contributed by atoms with E-state index in [1.165, 1.54) is 141 Å². The second-order valence-corrected chi connectivity index (χ2v) is 36.9. The molecule has 4 saturated heterocycles. The fourth-order valence-corrected chi connectivity index (χ4v) is 22.1. The maximum absolute atomic E-state index is 6.19. The van der Waals surface area contributed by atoms with E-state index in [9.17, 15) is 0 Å². The first-order chi connectivity index (χ1) is 58.5. The molecule has 8 aliphatic rings. The highest BCUT2D eigenvalue weighted by atomic mass is 35.5. The van der Waals surface area contributed by atoms with Crippen molar-refractivity contribution in [3.63, 3.8) is 0 Å². The van der Waals surface area contributed by atoms with Crippen molar-refractivity contribution in [3.8, 4) is 11.5 Å². The summed E-state index contributed by atoms with van der Waals surface area (Å²) in [5.41, 5.74) is 11.5. The zero-order valence-electron chi connectivity index (χ0n) is 66.9. The van der Waals surface area contributed by atoms with E-state index in [1.807, 2.05) is 64.6 Å². The first kappa shape index (κ1) is 85.0. The van der Waals surface area contributed by atoms with Crippen molar-refractivity contribution in [1.82, 2.24) is 98.8 Å². The number of H-pyrrole nitrogens is 3. The maximum atomic E-state index is 6.19. The van der Waals surface area contributed by atoms with Gasteiger partial charge in [-0.1, -0.05) is 88.7 Å². The zero-order chi connectivity index (χ0) is 81.2. The summed E-state index contributed by atoms with van der Waals surface area (Å²) in [5.74, 6) is 2.62. The van der Waals surface area contributed by atoms with E-state index in [4.69, 9.17) is 94.8 Å². The van der Waals surface area contributed by atoms with Gasteiger partial charge >= 0.3 is 0 Å². The van der Waals surface area contributed by atoms with E-state index in [2.05, 4.69) is 119 Å². The molecule has 4 aliphatic heterocycles. The summed E-state index contributed by atoms with van der Waals surface area (Å²) in [7, 11) is 3.39. The second-order valence-electron chi connectivity index (χ2n) is 30.4. The number of methoxy groups -OCH3 is 2. The molecule has 20 rings (SSSR count). The summed E-state index contributed by atoms with van der Waals surface area (Å²) in [6.45, 7) is 8.10. The number of imidazole rings is 5. The van der Waals surface area contributed by atoms with Gasteiger partial charge in [-0.3, -0.25) is 9.13 Å². The van der Waals surface area contributed by atoms with Crippen LogP contribution in [0.2, 0.25) is 21.0 Å². The van der Waals surface area contributed by atoms with Gasteiger partial charge in [0.1, 0.15) is 71.6 Å². The number of nitrogens with zero attached hydrogens (tertiary/aromatic N) is 19. The molecular formula is C81H100Cl4N24O6S4. The lowest BCUT2D eigenvalue weighted by Gasteiger charge is -2.29. The Kier molecular flexibility index (Phi) is 30.0. The van der Waals surface area contributed by atoms with Crippen LogP contribution in [0.5, 0.6) is 11.5 Å². The minimum absolute atomic E-state index is 0.0206. The molecule has 38 heteroatoms. The van der Waals surface area contributed by atoms with Crippen LogP contribution >= 0.6 is 93.5 Å². The molecule has 119 heavy (non-hydrogen) atoms. The Morgan fingerprint density at radius 1 is 0.387 bits per heavy atom.